The SMILES string of the molecule is CCNc1ccc(C(=O)N(C)c2ccncc2)cc1. The maximum atomic E-state index is 12.3. The van der Waals surface area contributed by atoms with E-state index < -0.39 is 0 Å². The number of anilines is 2. The van der Waals surface area contributed by atoms with Crippen molar-refractivity contribution in [2.45, 2.75) is 6.92 Å². The van der Waals surface area contributed by atoms with E-state index in [9.17, 15) is 4.79 Å². The lowest BCUT2D eigenvalue weighted by molar-refractivity contribution is 0.0993. The topological polar surface area (TPSA) is 45.2 Å². The van der Waals surface area contributed by atoms with Gasteiger partial charge in [-0.15, -0.1) is 0 Å². The van der Waals surface area contributed by atoms with Crippen LogP contribution in [0.5, 0.6) is 0 Å². The van der Waals surface area contributed by atoms with Crippen LogP contribution in [-0.4, -0.2) is 24.5 Å². The predicted octanol–water partition coefficient (Wildman–Crippen LogP) is 2.79. The highest BCUT2D eigenvalue weighted by molar-refractivity contribution is 6.05. The lowest BCUT2D eigenvalue weighted by atomic mass is 10.1. The van der Waals surface area contributed by atoms with Gasteiger partial charge in [0.05, 0.1) is 0 Å². The molecule has 0 radical (unpaired) electrons. The fourth-order valence-corrected chi connectivity index (χ4v) is 1.81. The Balaban J connectivity index is 2.15. The van der Waals surface area contributed by atoms with Gasteiger partial charge in [-0.3, -0.25) is 9.78 Å². The van der Waals surface area contributed by atoms with Gasteiger partial charge in [-0.1, -0.05) is 0 Å². The van der Waals surface area contributed by atoms with Crippen molar-refractivity contribution in [1.29, 1.82) is 0 Å². The molecule has 1 aromatic carbocycles. The summed E-state index contributed by atoms with van der Waals surface area (Å²) in [5, 5.41) is 3.20. The molecule has 0 spiro atoms. The van der Waals surface area contributed by atoms with E-state index in [1.807, 2.05) is 43.3 Å². The second-order valence-electron chi connectivity index (χ2n) is 4.18. The number of hydrogen-bond acceptors (Lipinski definition) is 3. The average Bonchev–Trinajstić information content (AvgIpc) is 2.48. The van der Waals surface area contributed by atoms with E-state index in [0.717, 1.165) is 17.9 Å². The molecule has 19 heavy (non-hydrogen) atoms. The first-order valence-electron chi connectivity index (χ1n) is 6.24. The number of amides is 1. The molecule has 98 valence electrons. The van der Waals surface area contributed by atoms with Crippen LogP contribution in [0.2, 0.25) is 0 Å². The molecule has 4 heteroatoms. The number of pyridine rings is 1. The third-order valence-corrected chi connectivity index (χ3v) is 2.87. The summed E-state index contributed by atoms with van der Waals surface area (Å²) < 4.78 is 0. The van der Waals surface area contributed by atoms with Gasteiger partial charge >= 0.3 is 0 Å². The summed E-state index contributed by atoms with van der Waals surface area (Å²) in [5.74, 6) is -0.0331. The first-order valence-corrected chi connectivity index (χ1v) is 6.24. The molecule has 0 saturated heterocycles. The molecular formula is C15H17N3O. The molecule has 0 aliphatic rings. The molecule has 0 aliphatic carbocycles. The number of hydrogen-bond donors (Lipinski definition) is 1. The van der Waals surface area contributed by atoms with Crippen LogP contribution in [0.4, 0.5) is 11.4 Å². The second kappa shape index (κ2) is 6.00. The van der Waals surface area contributed by atoms with Crippen molar-refractivity contribution in [3.63, 3.8) is 0 Å². The second-order valence-corrected chi connectivity index (χ2v) is 4.18. The van der Waals surface area contributed by atoms with Crippen molar-refractivity contribution < 1.29 is 4.79 Å². The Morgan fingerprint density at radius 2 is 1.79 bits per heavy atom. The van der Waals surface area contributed by atoms with Crippen LogP contribution < -0.4 is 10.2 Å². The Morgan fingerprint density at radius 1 is 1.16 bits per heavy atom. The first kappa shape index (κ1) is 13.1. The summed E-state index contributed by atoms with van der Waals surface area (Å²) in [5.41, 5.74) is 2.52. The molecular weight excluding hydrogens is 238 g/mol. The van der Waals surface area contributed by atoms with Crippen LogP contribution in [0.15, 0.2) is 48.8 Å². The largest absolute Gasteiger partial charge is 0.385 e. The highest BCUT2D eigenvalue weighted by Crippen LogP contribution is 2.15. The number of carbonyl (C=O) groups is 1. The van der Waals surface area contributed by atoms with Gasteiger partial charge in [0, 0.05) is 42.9 Å². The van der Waals surface area contributed by atoms with Gasteiger partial charge < -0.3 is 10.2 Å². The van der Waals surface area contributed by atoms with Gasteiger partial charge in [-0.25, -0.2) is 0 Å². The molecule has 0 bridgehead atoms. The summed E-state index contributed by atoms with van der Waals surface area (Å²) >= 11 is 0. The van der Waals surface area contributed by atoms with E-state index in [1.54, 1.807) is 24.3 Å². The average molecular weight is 255 g/mol. The number of carbonyl (C=O) groups excluding carboxylic acids is 1. The van der Waals surface area contributed by atoms with E-state index in [1.165, 1.54) is 0 Å². The van der Waals surface area contributed by atoms with Crippen molar-refractivity contribution in [1.82, 2.24) is 4.98 Å². The van der Waals surface area contributed by atoms with Gasteiger partial charge in [0.25, 0.3) is 5.91 Å². The number of rotatable bonds is 4. The van der Waals surface area contributed by atoms with E-state index in [4.69, 9.17) is 0 Å². The summed E-state index contributed by atoms with van der Waals surface area (Å²) in [7, 11) is 1.76. The Labute approximate surface area is 113 Å². The van der Waals surface area contributed by atoms with Crippen molar-refractivity contribution in [3.05, 3.63) is 54.4 Å². The summed E-state index contributed by atoms with van der Waals surface area (Å²) in [4.78, 5) is 17.9. The molecule has 1 N–H and O–H groups in total. The number of benzene rings is 1. The zero-order valence-electron chi connectivity index (χ0n) is 11.1. The molecule has 1 heterocycles. The zero-order valence-corrected chi connectivity index (χ0v) is 11.1. The standard InChI is InChI=1S/C15H17N3O/c1-3-17-13-6-4-12(5-7-13)15(19)18(2)14-8-10-16-11-9-14/h4-11,17H,3H2,1-2H3. The van der Waals surface area contributed by atoms with Crippen LogP contribution in [0.3, 0.4) is 0 Å². The summed E-state index contributed by atoms with van der Waals surface area (Å²) in [6, 6.07) is 11.1. The predicted molar refractivity (Wildman–Crippen MR) is 77.6 cm³/mol. The highest BCUT2D eigenvalue weighted by Gasteiger charge is 2.12. The molecule has 2 rings (SSSR count). The summed E-state index contributed by atoms with van der Waals surface area (Å²) in [6.45, 7) is 2.90. The van der Waals surface area contributed by atoms with E-state index in [2.05, 4.69) is 10.3 Å². The molecule has 0 atom stereocenters. The van der Waals surface area contributed by atoms with Crippen molar-refractivity contribution in [2.75, 3.05) is 23.8 Å². The van der Waals surface area contributed by atoms with Gasteiger partial charge in [-0.2, -0.15) is 0 Å². The van der Waals surface area contributed by atoms with Gasteiger partial charge in [-0.05, 0) is 43.3 Å². The van der Waals surface area contributed by atoms with Crippen LogP contribution in [0.1, 0.15) is 17.3 Å². The third-order valence-electron chi connectivity index (χ3n) is 2.87. The Morgan fingerprint density at radius 3 is 2.37 bits per heavy atom. The molecule has 0 aliphatic heterocycles. The molecule has 1 amide bonds. The van der Waals surface area contributed by atoms with E-state index in [-0.39, 0.29) is 5.91 Å². The molecule has 0 saturated carbocycles. The minimum atomic E-state index is -0.0331. The maximum Gasteiger partial charge on any atom is 0.258 e. The molecule has 2 aromatic rings. The smallest absolute Gasteiger partial charge is 0.258 e. The van der Waals surface area contributed by atoms with Crippen LogP contribution in [0, 0.1) is 0 Å². The Kier molecular flexibility index (Phi) is 4.13. The Bertz CT molecular complexity index is 537. The van der Waals surface area contributed by atoms with Gasteiger partial charge in [0.2, 0.25) is 0 Å². The normalized spacial score (nSPS) is 10.0. The van der Waals surface area contributed by atoms with Crippen LogP contribution >= 0.6 is 0 Å². The zero-order chi connectivity index (χ0) is 13.7. The van der Waals surface area contributed by atoms with Crippen LogP contribution in [-0.2, 0) is 0 Å². The number of nitrogens with one attached hydrogen (secondary N) is 1. The monoisotopic (exact) mass is 255 g/mol. The molecule has 0 unspecified atom stereocenters. The lowest BCUT2D eigenvalue weighted by Crippen LogP contribution is -2.26. The van der Waals surface area contributed by atoms with Crippen LogP contribution in [0.25, 0.3) is 0 Å². The Hall–Kier alpha value is -2.36. The third kappa shape index (κ3) is 3.10. The molecule has 1 aromatic heterocycles. The number of aromatic nitrogens is 1. The molecule has 0 fully saturated rings. The van der Waals surface area contributed by atoms with E-state index in [0.29, 0.717) is 5.56 Å². The highest BCUT2D eigenvalue weighted by atomic mass is 16.2. The minimum Gasteiger partial charge on any atom is -0.385 e. The fourth-order valence-electron chi connectivity index (χ4n) is 1.81. The quantitative estimate of drug-likeness (QED) is 0.913. The maximum absolute atomic E-state index is 12.3. The van der Waals surface area contributed by atoms with Crippen molar-refractivity contribution >= 4 is 17.3 Å². The van der Waals surface area contributed by atoms with Gasteiger partial charge in [0.15, 0.2) is 0 Å². The fraction of sp³-hybridized carbons (Fsp3) is 0.200. The first-order chi connectivity index (χ1) is 9.22. The van der Waals surface area contributed by atoms with Crippen molar-refractivity contribution in [2.24, 2.45) is 0 Å². The van der Waals surface area contributed by atoms with Crippen molar-refractivity contribution in [3.8, 4) is 0 Å². The van der Waals surface area contributed by atoms with Gasteiger partial charge in [0.1, 0.15) is 0 Å². The molecule has 4 nitrogen and oxygen atoms in total. The summed E-state index contributed by atoms with van der Waals surface area (Å²) in [6.07, 6.45) is 3.35. The lowest BCUT2D eigenvalue weighted by Gasteiger charge is -2.17. The van der Waals surface area contributed by atoms with E-state index >= 15 is 0 Å². The minimum absolute atomic E-state index is 0.0331. The number of nitrogens with zero attached hydrogens (tertiary/aromatic N) is 2.